The highest BCUT2D eigenvalue weighted by atomic mass is 32.1. The molecule has 3 rings (SSSR count). The van der Waals surface area contributed by atoms with Crippen LogP contribution in [-0.2, 0) is 22.4 Å². The number of carbonyl (C=O) groups excluding carboxylic acids is 1. The Hall–Kier alpha value is -1.42. The standard InChI is InChI=1S/C22H33N3O2S/c1-6-22(4,5)16-7-8-17-18(10-23)21(28-19(17)9-16)24-20(26)13-25-11-14(2)27-15(3)12-25/h14-16H,6-9,11-13H2,1-5H3,(H,24,26). The lowest BCUT2D eigenvalue weighted by Crippen LogP contribution is -2.48. The third-order valence-electron chi connectivity index (χ3n) is 6.51. The molecule has 0 spiro atoms. The highest BCUT2D eigenvalue weighted by Crippen LogP contribution is 2.45. The van der Waals surface area contributed by atoms with E-state index in [1.807, 2.05) is 13.8 Å². The van der Waals surface area contributed by atoms with Crippen LogP contribution in [0.1, 0.15) is 63.5 Å². The van der Waals surface area contributed by atoms with Crippen molar-refractivity contribution in [1.82, 2.24) is 4.90 Å². The highest BCUT2D eigenvalue weighted by molar-refractivity contribution is 7.16. The van der Waals surface area contributed by atoms with Gasteiger partial charge < -0.3 is 10.1 Å². The average molecular weight is 404 g/mol. The van der Waals surface area contributed by atoms with Gasteiger partial charge in [-0.15, -0.1) is 11.3 Å². The van der Waals surface area contributed by atoms with Gasteiger partial charge in [0, 0.05) is 18.0 Å². The minimum absolute atomic E-state index is 0.0400. The van der Waals surface area contributed by atoms with Crippen molar-refractivity contribution in [2.75, 3.05) is 25.0 Å². The maximum absolute atomic E-state index is 12.6. The first-order valence-electron chi connectivity index (χ1n) is 10.5. The molecule has 0 saturated carbocycles. The van der Waals surface area contributed by atoms with Gasteiger partial charge in [-0.3, -0.25) is 9.69 Å². The molecular formula is C22H33N3O2S. The normalized spacial score (nSPS) is 25.8. The van der Waals surface area contributed by atoms with Crippen molar-refractivity contribution in [3.8, 4) is 6.07 Å². The fourth-order valence-corrected chi connectivity index (χ4v) is 5.82. The number of rotatable bonds is 5. The van der Waals surface area contributed by atoms with Crippen molar-refractivity contribution in [2.45, 2.75) is 72.5 Å². The third-order valence-corrected chi connectivity index (χ3v) is 7.68. The van der Waals surface area contributed by atoms with Gasteiger partial charge in [0.25, 0.3) is 0 Å². The molecule has 1 N–H and O–H groups in total. The Morgan fingerprint density at radius 1 is 1.36 bits per heavy atom. The summed E-state index contributed by atoms with van der Waals surface area (Å²) >= 11 is 1.61. The van der Waals surface area contributed by atoms with Crippen LogP contribution in [0.2, 0.25) is 0 Å². The quantitative estimate of drug-likeness (QED) is 0.800. The zero-order valence-electron chi connectivity index (χ0n) is 17.8. The highest BCUT2D eigenvalue weighted by Gasteiger charge is 2.34. The summed E-state index contributed by atoms with van der Waals surface area (Å²) in [5.41, 5.74) is 2.16. The second kappa shape index (κ2) is 8.52. The van der Waals surface area contributed by atoms with E-state index >= 15 is 0 Å². The van der Waals surface area contributed by atoms with E-state index in [2.05, 4.69) is 37.1 Å². The van der Waals surface area contributed by atoms with Crippen LogP contribution in [0.3, 0.4) is 0 Å². The number of hydrogen-bond donors (Lipinski definition) is 1. The summed E-state index contributed by atoms with van der Waals surface area (Å²) in [4.78, 5) is 16.1. The average Bonchev–Trinajstić information content (AvgIpc) is 2.96. The Kier molecular flexibility index (Phi) is 6.48. The molecule has 1 saturated heterocycles. The van der Waals surface area contributed by atoms with Gasteiger partial charge in [0.15, 0.2) is 0 Å². The summed E-state index contributed by atoms with van der Waals surface area (Å²) in [5, 5.41) is 13.5. The van der Waals surface area contributed by atoms with Gasteiger partial charge in [0.2, 0.25) is 5.91 Å². The SMILES string of the molecule is CCC(C)(C)C1CCc2c(sc(NC(=O)CN3CC(C)OC(C)C3)c2C#N)C1. The zero-order chi connectivity index (χ0) is 20.5. The van der Waals surface area contributed by atoms with Crippen molar-refractivity contribution in [2.24, 2.45) is 11.3 Å². The van der Waals surface area contributed by atoms with Crippen molar-refractivity contribution in [1.29, 1.82) is 5.26 Å². The summed E-state index contributed by atoms with van der Waals surface area (Å²) < 4.78 is 5.74. The molecule has 6 heteroatoms. The lowest BCUT2D eigenvalue weighted by molar-refractivity contribution is -0.121. The number of anilines is 1. The predicted octanol–water partition coefficient (Wildman–Crippen LogP) is 4.21. The Labute approximate surface area is 173 Å². The fraction of sp³-hybridized carbons (Fsp3) is 0.727. The summed E-state index contributed by atoms with van der Waals surface area (Å²) in [6.45, 7) is 12.9. The number of carbonyl (C=O) groups is 1. The predicted molar refractivity (Wildman–Crippen MR) is 114 cm³/mol. The molecule has 0 bridgehead atoms. The van der Waals surface area contributed by atoms with Gasteiger partial charge in [0.05, 0.1) is 24.3 Å². The van der Waals surface area contributed by atoms with Crippen LogP contribution < -0.4 is 5.32 Å². The number of morpholine rings is 1. The molecule has 154 valence electrons. The maximum atomic E-state index is 12.6. The van der Waals surface area contributed by atoms with Crippen LogP contribution in [0.4, 0.5) is 5.00 Å². The number of thiophene rings is 1. The van der Waals surface area contributed by atoms with Crippen LogP contribution in [0.25, 0.3) is 0 Å². The Morgan fingerprint density at radius 2 is 2.04 bits per heavy atom. The number of fused-ring (bicyclic) bond motifs is 1. The zero-order valence-corrected chi connectivity index (χ0v) is 18.6. The minimum Gasteiger partial charge on any atom is -0.373 e. The molecule has 2 heterocycles. The Morgan fingerprint density at radius 3 is 2.64 bits per heavy atom. The first-order valence-corrected chi connectivity index (χ1v) is 11.3. The van der Waals surface area contributed by atoms with Crippen LogP contribution >= 0.6 is 11.3 Å². The van der Waals surface area contributed by atoms with Gasteiger partial charge in [-0.1, -0.05) is 27.2 Å². The van der Waals surface area contributed by atoms with Crippen molar-refractivity contribution in [3.05, 3.63) is 16.0 Å². The molecule has 1 aromatic heterocycles. The molecule has 0 radical (unpaired) electrons. The summed E-state index contributed by atoms with van der Waals surface area (Å²) in [6.07, 6.45) is 4.51. The van der Waals surface area contributed by atoms with E-state index in [0.717, 1.165) is 43.8 Å². The topological polar surface area (TPSA) is 65.4 Å². The van der Waals surface area contributed by atoms with Gasteiger partial charge >= 0.3 is 0 Å². The molecule has 2 aliphatic rings. The third kappa shape index (κ3) is 4.59. The number of nitriles is 1. The number of nitrogens with one attached hydrogen (secondary N) is 1. The number of amides is 1. The van der Waals surface area contributed by atoms with E-state index in [1.54, 1.807) is 11.3 Å². The summed E-state index contributed by atoms with van der Waals surface area (Å²) in [5.74, 6) is 0.594. The largest absolute Gasteiger partial charge is 0.373 e. The minimum atomic E-state index is -0.0400. The summed E-state index contributed by atoms with van der Waals surface area (Å²) in [7, 11) is 0. The lowest BCUT2D eigenvalue weighted by Gasteiger charge is -2.36. The molecule has 1 aromatic rings. The fourth-order valence-electron chi connectivity index (χ4n) is 4.53. The van der Waals surface area contributed by atoms with E-state index in [9.17, 15) is 10.1 Å². The molecule has 0 aromatic carbocycles. The van der Waals surface area contributed by atoms with Gasteiger partial charge in [-0.2, -0.15) is 5.26 Å². The molecule has 3 atom stereocenters. The lowest BCUT2D eigenvalue weighted by atomic mass is 9.69. The van der Waals surface area contributed by atoms with Gasteiger partial charge in [0.1, 0.15) is 11.1 Å². The summed E-state index contributed by atoms with van der Waals surface area (Å²) in [6, 6.07) is 2.36. The van der Waals surface area contributed by atoms with Gasteiger partial charge in [-0.05, 0) is 50.0 Å². The smallest absolute Gasteiger partial charge is 0.239 e. The van der Waals surface area contributed by atoms with E-state index in [0.29, 0.717) is 23.4 Å². The Balaban J connectivity index is 1.70. The second-order valence-electron chi connectivity index (χ2n) is 9.10. The molecule has 1 amide bonds. The Bertz CT molecular complexity index is 755. The molecule has 1 fully saturated rings. The van der Waals surface area contributed by atoms with Crippen LogP contribution in [0.15, 0.2) is 0 Å². The molecule has 1 aliphatic heterocycles. The first-order chi connectivity index (χ1) is 13.2. The van der Waals surface area contributed by atoms with E-state index in [4.69, 9.17) is 4.74 Å². The van der Waals surface area contributed by atoms with E-state index < -0.39 is 0 Å². The number of hydrogen-bond acceptors (Lipinski definition) is 5. The maximum Gasteiger partial charge on any atom is 0.239 e. The number of ether oxygens (including phenoxy) is 1. The van der Waals surface area contributed by atoms with Crippen molar-refractivity contribution >= 4 is 22.2 Å². The second-order valence-corrected chi connectivity index (χ2v) is 10.2. The first kappa shape index (κ1) is 21.3. The monoisotopic (exact) mass is 403 g/mol. The van der Waals surface area contributed by atoms with Crippen molar-refractivity contribution in [3.63, 3.8) is 0 Å². The molecule has 5 nitrogen and oxygen atoms in total. The van der Waals surface area contributed by atoms with Crippen LogP contribution in [0.5, 0.6) is 0 Å². The molecule has 3 unspecified atom stereocenters. The van der Waals surface area contributed by atoms with Gasteiger partial charge in [-0.25, -0.2) is 0 Å². The van der Waals surface area contributed by atoms with Crippen LogP contribution in [0, 0.1) is 22.7 Å². The van der Waals surface area contributed by atoms with E-state index in [1.165, 1.54) is 10.4 Å². The van der Waals surface area contributed by atoms with Crippen molar-refractivity contribution < 1.29 is 9.53 Å². The molecule has 1 aliphatic carbocycles. The molecular weight excluding hydrogens is 370 g/mol. The number of nitrogens with zero attached hydrogens (tertiary/aromatic N) is 2. The van der Waals surface area contributed by atoms with E-state index in [-0.39, 0.29) is 18.1 Å². The molecule has 28 heavy (non-hydrogen) atoms. The van der Waals surface area contributed by atoms with Crippen LogP contribution in [-0.4, -0.2) is 42.6 Å².